The van der Waals surface area contributed by atoms with Gasteiger partial charge in [0.2, 0.25) is 0 Å². The summed E-state index contributed by atoms with van der Waals surface area (Å²) in [5, 5.41) is 12.6. The molecule has 0 unspecified atom stereocenters. The van der Waals surface area contributed by atoms with Gasteiger partial charge in [-0.1, -0.05) is 16.9 Å². The summed E-state index contributed by atoms with van der Waals surface area (Å²) in [5.41, 5.74) is 1.51. The average molecular weight is 298 g/mol. The molecule has 16 heavy (non-hydrogen) atoms. The molecule has 0 bridgehead atoms. The van der Waals surface area contributed by atoms with Crippen molar-refractivity contribution in [3.63, 3.8) is 0 Å². The van der Waals surface area contributed by atoms with Crippen molar-refractivity contribution in [1.82, 2.24) is 20.9 Å². The Morgan fingerprint density at radius 1 is 1.44 bits per heavy atom. The molecule has 10 heteroatoms. The van der Waals surface area contributed by atoms with Crippen molar-refractivity contribution in [3.8, 4) is 0 Å². The second kappa shape index (κ2) is 6.59. The van der Waals surface area contributed by atoms with Crippen molar-refractivity contribution in [2.45, 2.75) is 6.42 Å². The minimum Gasteiger partial charge on any atom is -0.290 e. The first-order chi connectivity index (χ1) is 7.57. The molecule has 0 radical (unpaired) electrons. The van der Waals surface area contributed by atoms with Gasteiger partial charge in [-0.2, -0.15) is 0 Å². The number of hydrazine groups is 2. The van der Waals surface area contributed by atoms with Crippen LogP contribution in [0.1, 0.15) is 6.42 Å². The van der Waals surface area contributed by atoms with Crippen LogP contribution in [0.15, 0.2) is 12.3 Å². The van der Waals surface area contributed by atoms with E-state index in [0.717, 1.165) is 11.6 Å². The van der Waals surface area contributed by atoms with E-state index in [1.165, 1.54) is 10.8 Å². The first-order valence-electron chi connectivity index (χ1n) is 4.13. The van der Waals surface area contributed by atoms with Gasteiger partial charge in [-0.3, -0.25) is 10.2 Å². The molecule has 0 atom stereocenters. The summed E-state index contributed by atoms with van der Waals surface area (Å²) in [5.74, 6) is 0. The first kappa shape index (κ1) is 14.0. The molecule has 2 N–H and O–H groups in total. The lowest BCUT2D eigenvalue weighted by Gasteiger charge is -2.38. The van der Waals surface area contributed by atoms with Crippen LogP contribution < -0.4 is 5.64 Å². The van der Waals surface area contributed by atoms with Gasteiger partial charge < -0.3 is 0 Å². The fraction of sp³-hybridized carbons (Fsp3) is 0.333. The standard InChI is InChI=1S/C6H10N4O2S4/c11-7-12-10(6(15)16)9(5(13)14)8-3-1-2-4-8/h1,3,7,11H,2,4H2,(H,13,14)(H,15,16). The van der Waals surface area contributed by atoms with Gasteiger partial charge in [0.15, 0.2) is 8.64 Å². The molecule has 1 heterocycles. The molecular weight excluding hydrogens is 288 g/mol. The molecule has 0 aromatic heterocycles. The quantitative estimate of drug-likeness (QED) is 0.348. The number of hydroxylamine groups is 1. The van der Waals surface area contributed by atoms with E-state index in [1.54, 1.807) is 11.2 Å². The zero-order chi connectivity index (χ0) is 12.1. The third-order valence-corrected chi connectivity index (χ3v) is 2.35. The van der Waals surface area contributed by atoms with Crippen LogP contribution in [-0.4, -0.2) is 35.7 Å². The van der Waals surface area contributed by atoms with Gasteiger partial charge in [0.1, 0.15) is 0 Å². The molecule has 90 valence electrons. The molecule has 0 aromatic rings. The Morgan fingerprint density at radius 3 is 2.50 bits per heavy atom. The summed E-state index contributed by atoms with van der Waals surface area (Å²) < 4.78 is 0.247. The normalized spacial score (nSPS) is 14.1. The van der Waals surface area contributed by atoms with Gasteiger partial charge in [-0.15, -0.1) is 35.3 Å². The maximum Gasteiger partial charge on any atom is 0.185 e. The minimum absolute atomic E-state index is 0.0539. The molecule has 1 aliphatic rings. The highest BCUT2D eigenvalue weighted by Crippen LogP contribution is 2.16. The topological polar surface area (TPSA) is 51.2 Å². The van der Waals surface area contributed by atoms with Crippen LogP contribution in [-0.2, 0) is 4.94 Å². The van der Waals surface area contributed by atoms with Crippen LogP contribution in [0.3, 0.4) is 0 Å². The summed E-state index contributed by atoms with van der Waals surface area (Å²) in [6, 6.07) is 0. The lowest BCUT2D eigenvalue weighted by molar-refractivity contribution is -0.334. The Bertz CT molecular complexity index is 313. The first-order valence-corrected chi connectivity index (χ1v) is 5.84. The summed E-state index contributed by atoms with van der Waals surface area (Å²) >= 11 is 17.8. The van der Waals surface area contributed by atoms with E-state index in [2.05, 4.69) is 30.2 Å². The summed E-state index contributed by atoms with van der Waals surface area (Å²) in [7, 11) is 0. The predicted molar refractivity (Wildman–Crippen MR) is 73.3 cm³/mol. The molecular formula is C6H10N4O2S4. The summed E-state index contributed by atoms with van der Waals surface area (Å²) in [4.78, 5) is 4.67. The van der Waals surface area contributed by atoms with Gasteiger partial charge in [0, 0.05) is 12.7 Å². The van der Waals surface area contributed by atoms with E-state index in [-0.39, 0.29) is 8.64 Å². The van der Waals surface area contributed by atoms with Crippen LogP contribution in [0.25, 0.3) is 0 Å². The van der Waals surface area contributed by atoms with Crippen molar-refractivity contribution in [2.24, 2.45) is 0 Å². The number of thiocarbonyl (C=S) groups is 2. The second-order valence-corrected chi connectivity index (χ2v) is 4.87. The summed E-state index contributed by atoms with van der Waals surface area (Å²) in [6.07, 6.45) is 4.61. The van der Waals surface area contributed by atoms with Crippen molar-refractivity contribution in [3.05, 3.63) is 12.3 Å². The van der Waals surface area contributed by atoms with Crippen LogP contribution >= 0.6 is 49.7 Å². The largest absolute Gasteiger partial charge is 0.290 e. The van der Waals surface area contributed by atoms with Crippen molar-refractivity contribution in [1.29, 1.82) is 0 Å². The van der Waals surface area contributed by atoms with Crippen molar-refractivity contribution < 1.29 is 10.1 Å². The monoisotopic (exact) mass is 298 g/mol. The summed E-state index contributed by atoms with van der Waals surface area (Å²) in [6.45, 7) is 0.697. The Hall–Kier alpha value is -0.100. The van der Waals surface area contributed by atoms with Gasteiger partial charge in [0.25, 0.3) is 0 Å². The smallest absolute Gasteiger partial charge is 0.185 e. The predicted octanol–water partition coefficient (Wildman–Crippen LogP) is 0.895. The van der Waals surface area contributed by atoms with E-state index in [0.29, 0.717) is 6.54 Å². The third kappa shape index (κ3) is 3.45. The minimum atomic E-state index is 0.0539. The lowest BCUT2D eigenvalue weighted by Crippen LogP contribution is -2.54. The van der Waals surface area contributed by atoms with Crippen molar-refractivity contribution >= 4 is 58.3 Å². The second-order valence-electron chi connectivity index (χ2n) is 2.65. The Kier molecular flexibility index (Phi) is 5.75. The molecule has 0 spiro atoms. The SMILES string of the molecule is ONON(C(=S)S)N(C(=S)S)N1C=CCC1. The van der Waals surface area contributed by atoms with Gasteiger partial charge in [0.05, 0.1) is 0 Å². The number of nitrogens with one attached hydrogen (secondary N) is 1. The Balaban J connectivity index is 2.84. The van der Waals surface area contributed by atoms with Gasteiger partial charge in [-0.25, -0.2) is 0 Å². The fourth-order valence-corrected chi connectivity index (χ4v) is 1.74. The van der Waals surface area contributed by atoms with Crippen molar-refractivity contribution in [2.75, 3.05) is 6.54 Å². The molecule has 0 saturated heterocycles. The fourth-order valence-electron chi connectivity index (χ4n) is 1.12. The zero-order valence-electron chi connectivity index (χ0n) is 7.98. The van der Waals surface area contributed by atoms with Crippen LogP contribution in [0.4, 0.5) is 0 Å². The van der Waals surface area contributed by atoms with Crippen LogP contribution in [0.2, 0.25) is 0 Å². The number of hydrogen-bond acceptors (Lipinski definition) is 6. The highest BCUT2D eigenvalue weighted by Gasteiger charge is 2.25. The van der Waals surface area contributed by atoms with Gasteiger partial charge in [-0.05, 0) is 30.9 Å². The molecule has 0 aliphatic carbocycles. The Labute approximate surface area is 114 Å². The molecule has 0 fully saturated rings. The molecule has 1 aliphatic heterocycles. The molecule has 0 amide bonds. The van der Waals surface area contributed by atoms with E-state index >= 15 is 0 Å². The van der Waals surface area contributed by atoms with E-state index in [1.807, 2.05) is 6.08 Å². The highest BCUT2D eigenvalue weighted by molar-refractivity contribution is 8.11. The number of rotatable bonds is 3. The highest BCUT2D eigenvalue weighted by atomic mass is 32.1. The van der Waals surface area contributed by atoms with Crippen LogP contribution in [0, 0.1) is 0 Å². The number of thiol groups is 2. The average Bonchev–Trinajstić information content (AvgIpc) is 2.69. The molecule has 1 rings (SSSR count). The molecule has 0 saturated carbocycles. The number of hydrogen-bond donors (Lipinski definition) is 4. The maximum atomic E-state index is 8.52. The molecule has 0 aromatic carbocycles. The Morgan fingerprint density at radius 2 is 2.12 bits per heavy atom. The molecule has 6 nitrogen and oxygen atoms in total. The third-order valence-electron chi connectivity index (χ3n) is 1.68. The zero-order valence-corrected chi connectivity index (χ0v) is 11.4. The maximum absolute atomic E-state index is 8.52. The van der Waals surface area contributed by atoms with E-state index in [9.17, 15) is 0 Å². The van der Waals surface area contributed by atoms with E-state index < -0.39 is 0 Å². The van der Waals surface area contributed by atoms with Crippen LogP contribution in [0.5, 0.6) is 0 Å². The number of nitrogens with zero attached hydrogens (tertiary/aromatic N) is 3. The lowest BCUT2D eigenvalue weighted by atomic mass is 10.5. The van der Waals surface area contributed by atoms with Gasteiger partial charge >= 0.3 is 0 Å². The van der Waals surface area contributed by atoms with E-state index in [4.69, 9.17) is 29.6 Å².